The highest BCUT2D eigenvalue weighted by Crippen LogP contribution is 2.29. The summed E-state index contributed by atoms with van der Waals surface area (Å²) in [6, 6.07) is 5.51. The standard InChI is InChI=1S/C16H22Cl2N2O3.ClH/c1-16(2,22)15(21)20-9-14-11(8-19-5-6-23-14)10-3-4-12(17)13(18)7-10;/h3-4,7,11,14,19,22H,5-6,8-9H2,1-2H3,(H,20,21);1H. The maximum Gasteiger partial charge on any atom is 0.251 e. The fourth-order valence-electron chi connectivity index (χ4n) is 2.47. The number of carbonyl (C=O) groups is 1. The molecule has 0 radical (unpaired) electrons. The Labute approximate surface area is 158 Å². The van der Waals surface area contributed by atoms with Crippen LogP contribution in [0.1, 0.15) is 25.3 Å². The summed E-state index contributed by atoms with van der Waals surface area (Å²) in [5.41, 5.74) is -0.418. The Morgan fingerprint density at radius 3 is 2.75 bits per heavy atom. The van der Waals surface area contributed by atoms with Gasteiger partial charge >= 0.3 is 0 Å². The first-order valence-electron chi connectivity index (χ1n) is 7.57. The van der Waals surface area contributed by atoms with Crippen LogP contribution in [0.3, 0.4) is 0 Å². The van der Waals surface area contributed by atoms with E-state index < -0.39 is 11.5 Å². The molecule has 2 atom stereocenters. The van der Waals surface area contributed by atoms with E-state index in [1.807, 2.05) is 12.1 Å². The van der Waals surface area contributed by atoms with Crippen molar-refractivity contribution in [3.8, 4) is 0 Å². The van der Waals surface area contributed by atoms with E-state index in [9.17, 15) is 9.90 Å². The second-order valence-corrected chi connectivity index (χ2v) is 6.98. The molecule has 1 fully saturated rings. The van der Waals surface area contributed by atoms with Gasteiger partial charge in [0.15, 0.2) is 0 Å². The van der Waals surface area contributed by atoms with Crippen molar-refractivity contribution in [1.29, 1.82) is 0 Å². The van der Waals surface area contributed by atoms with Gasteiger partial charge < -0.3 is 20.5 Å². The number of nitrogens with one attached hydrogen (secondary N) is 2. The molecule has 0 bridgehead atoms. The summed E-state index contributed by atoms with van der Waals surface area (Å²) in [6.07, 6.45) is -0.214. The lowest BCUT2D eigenvalue weighted by Crippen LogP contribution is -2.46. The number of rotatable bonds is 4. The van der Waals surface area contributed by atoms with E-state index in [0.717, 1.165) is 12.1 Å². The van der Waals surface area contributed by atoms with Gasteiger partial charge in [-0.1, -0.05) is 29.3 Å². The molecule has 1 aliphatic rings. The number of amides is 1. The topological polar surface area (TPSA) is 70.6 Å². The van der Waals surface area contributed by atoms with Gasteiger partial charge in [0, 0.05) is 25.6 Å². The number of benzene rings is 1. The van der Waals surface area contributed by atoms with Crippen LogP contribution in [0.2, 0.25) is 10.0 Å². The third kappa shape index (κ3) is 5.76. The first-order valence-corrected chi connectivity index (χ1v) is 8.32. The minimum atomic E-state index is -1.41. The van der Waals surface area contributed by atoms with Crippen molar-refractivity contribution in [2.24, 2.45) is 0 Å². The molecule has 1 aromatic rings. The molecule has 1 heterocycles. The Hall–Kier alpha value is -0.560. The van der Waals surface area contributed by atoms with Crippen LogP contribution >= 0.6 is 35.6 Å². The van der Waals surface area contributed by atoms with Gasteiger partial charge in [-0.25, -0.2) is 0 Å². The van der Waals surface area contributed by atoms with Crippen molar-refractivity contribution in [3.63, 3.8) is 0 Å². The van der Waals surface area contributed by atoms with E-state index in [4.69, 9.17) is 27.9 Å². The van der Waals surface area contributed by atoms with Crippen LogP contribution in [0.4, 0.5) is 0 Å². The SMILES string of the molecule is CC(C)(O)C(=O)NCC1OCCNCC1c1ccc(Cl)c(Cl)c1.Cl. The predicted molar refractivity (Wildman–Crippen MR) is 98.4 cm³/mol. The van der Waals surface area contributed by atoms with Crippen molar-refractivity contribution in [2.45, 2.75) is 31.5 Å². The molecule has 5 nitrogen and oxygen atoms in total. The highest BCUT2D eigenvalue weighted by atomic mass is 35.5. The Bertz CT molecular complexity index is 564. The number of halogens is 3. The smallest absolute Gasteiger partial charge is 0.251 e. The van der Waals surface area contributed by atoms with Gasteiger partial charge in [0.05, 0.1) is 22.8 Å². The molecule has 3 N–H and O–H groups in total. The molecule has 24 heavy (non-hydrogen) atoms. The fourth-order valence-corrected chi connectivity index (χ4v) is 2.78. The molecule has 2 rings (SSSR count). The van der Waals surface area contributed by atoms with Gasteiger partial charge in [0.2, 0.25) is 0 Å². The fraction of sp³-hybridized carbons (Fsp3) is 0.562. The van der Waals surface area contributed by atoms with Gasteiger partial charge in [-0.05, 0) is 31.5 Å². The second kappa shape index (κ2) is 9.22. The minimum absolute atomic E-state index is 0. The Morgan fingerprint density at radius 2 is 2.12 bits per heavy atom. The van der Waals surface area contributed by atoms with Crippen molar-refractivity contribution in [1.82, 2.24) is 10.6 Å². The predicted octanol–water partition coefficient (Wildman–Crippen LogP) is 2.37. The van der Waals surface area contributed by atoms with Crippen LogP contribution in [0, 0.1) is 0 Å². The van der Waals surface area contributed by atoms with E-state index in [2.05, 4.69) is 10.6 Å². The molecule has 136 valence electrons. The normalized spacial score (nSPS) is 21.5. The summed E-state index contributed by atoms with van der Waals surface area (Å²) in [4.78, 5) is 11.9. The minimum Gasteiger partial charge on any atom is -0.381 e. The van der Waals surface area contributed by atoms with Crippen LogP contribution in [-0.4, -0.2) is 49.0 Å². The largest absolute Gasteiger partial charge is 0.381 e. The van der Waals surface area contributed by atoms with Crippen LogP contribution in [0.5, 0.6) is 0 Å². The van der Waals surface area contributed by atoms with Crippen LogP contribution < -0.4 is 10.6 Å². The summed E-state index contributed by atoms with van der Waals surface area (Å²) in [7, 11) is 0. The number of carbonyl (C=O) groups excluding carboxylic acids is 1. The Kier molecular flexibility index (Phi) is 8.26. The molecular formula is C16H23Cl3N2O3. The lowest BCUT2D eigenvalue weighted by molar-refractivity contribution is -0.137. The first-order chi connectivity index (χ1) is 10.8. The monoisotopic (exact) mass is 396 g/mol. The van der Waals surface area contributed by atoms with Crippen LogP contribution in [-0.2, 0) is 9.53 Å². The van der Waals surface area contributed by atoms with E-state index in [0.29, 0.717) is 29.7 Å². The molecule has 8 heteroatoms. The van der Waals surface area contributed by atoms with Gasteiger partial charge in [0.1, 0.15) is 5.60 Å². The third-order valence-corrected chi connectivity index (χ3v) is 4.55. The zero-order chi connectivity index (χ0) is 17.0. The molecule has 0 saturated carbocycles. The summed E-state index contributed by atoms with van der Waals surface area (Å²) in [5.74, 6) is -0.402. The van der Waals surface area contributed by atoms with E-state index in [1.165, 1.54) is 13.8 Å². The number of aliphatic hydroxyl groups is 1. The van der Waals surface area contributed by atoms with Gasteiger partial charge in [-0.15, -0.1) is 12.4 Å². The average molecular weight is 398 g/mol. The summed E-state index contributed by atoms with van der Waals surface area (Å²) in [6.45, 7) is 5.23. The van der Waals surface area contributed by atoms with Crippen molar-refractivity contribution in [2.75, 3.05) is 26.2 Å². The molecule has 0 spiro atoms. The summed E-state index contributed by atoms with van der Waals surface area (Å²) < 4.78 is 5.87. The van der Waals surface area contributed by atoms with Crippen molar-refractivity contribution < 1.29 is 14.6 Å². The lowest BCUT2D eigenvalue weighted by atomic mass is 9.93. The maximum atomic E-state index is 11.9. The molecule has 0 aromatic heterocycles. The molecule has 1 aliphatic heterocycles. The zero-order valence-corrected chi connectivity index (χ0v) is 16.0. The Morgan fingerprint density at radius 1 is 1.42 bits per heavy atom. The summed E-state index contributed by atoms with van der Waals surface area (Å²) >= 11 is 12.1. The quantitative estimate of drug-likeness (QED) is 0.729. The van der Waals surface area contributed by atoms with Gasteiger partial charge in [-0.2, -0.15) is 0 Å². The Balaban J connectivity index is 0.00000288. The molecule has 1 saturated heterocycles. The average Bonchev–Trinajstić information content (AvgIpc) is 2.72. The molecule has 1 amide bonds. The number of hydrogen-bond acceptors (Lipinski definition) is 4. The molecule has 2 unspecified atom stereocenters. The van der Waals surface area contributed by atoms with Crippen molar-refractivity contribution in [3.05, 3.63) is 33.8 Å². The number of hydrogen-bond donors (Lipinski definition) is 3. The second-order valence-electron chi connectivity index (χ2n) is 6.16. The van der Waals surface area contributed by atoms with Gasteiger partial charge in [-0.3, -0.25) is 4.79 Å². The van der Waals surface area contributed by atoms with Gasteiger partial charge in [0.25, 0.3) is 5.91 Å². The van der Waals surface area contributed by atoms with Crippen LogP contribution in [0.15, 0.2) is 18.2 Å². The highest BCUT2D eigenvalue weighted by Gasteiger charge is 2.29. The van der Waals surface area contributed by atoms with E-state index in [-0.39, 0.29) is 24.4 Å². The third-order valence-electron chi connectivity index (χ3n) is 3.82. The highest BCUT2D eigenvalue weighted by molar-refractivity contribution is 6.42. The van der Waals surface area contributed by atoms with Crippen molar-refractivity contribution >= 4 is 41.5 Å². The first kappa shape index (κ1) is 21.5. The molecular weight excluding hydrogens is 375 g/mol. The van der Waals surface area contributed by atoms with Crippen LogP contribution in [0.25, 0.3) is 0 Å². The number of ether oxygens (including phenoxy) is 1. The van der Waals surface area contributed by atoms with E-state index in [1.54, 1.807) is 6.07 Å². The lowest BCUT2D eigenvalue weighted by Gasteiger charge is -2.27. The molecule has 1 aromatic carbocycles. The molecule has 0 aliphatic carbocycles. The summed E-state index contributed by atoms with van der Waals surface area (Å²) in [5, 5.41) is 16.8. The van der Waals surface area contributed by atoms with E-state index >= 15 is 0 Å². The zero-order valence-electron chi connectivity index (χ0n) is 13.6. The maximum absolute atomic E-state index is 11.9.